The Labute approximate surface area is 163 Å². The first kappa shape index (κ1) is 24.4. The van der Waals surface area contributed by atoms with E-state index in [1.54, 1.807) is 6.92 Å². The highest BCUT2D eigenvalue weighted by atomic mass is 79.9. The van der Waals surface area contributed by atoms with Crippen LogP contribution < -0.4 is 0 Å². The molecule has 0 bridgehead atoms. The lowest BCUT2D eigenvalue weighted by atomic mass is 10.1. The molecule has 2 aromatic carbocycles. The topological polar surface area (TPSA) is 169 Å². The third kappa shape index (κ3) is 5.67. The summed E-state index contributed by atoms with van der Waals surface area (Å²) in [6.45, 7) is 1.61. The van der Waals surface area contributed by atoms with Gasteiger partial charge in [0.25, 0.3) is 10.1 Å². The van der Waals surface area contributed by atoms with Gasteiger partial charge >= 0.3 is 0 Å². The van der Waals surface area contributed by atoms with E-state index in [1.165, 1.54) is 6.07 Å². The van der Waals surface area contributed by atoms with Gasteiger partial charge in [0, 0.05) is 11.1 Å². The van der Waals surface area contributed by atoms with Gasteiger partial charge in [-0.05, 0) is 46.6 Å². The zero-order chi connectivity index (χ0) is 20.2. The maximum absolute atomic E-state index is 10.6. The molecular weight excluding hydrogens is 448 g/mol. The minimum atomic E-state index is -4.66. The number of carbonyl (C=O) groups is 2. The summed E-state index contributed by atoms with van der Waals surface area (Å²) < 4.78 is 30.1. The molecule has 0 fully saturated rings. The third-order valence-electron chi connectivity index (χ3n) is 3.05. The normalized spacial score (nSPS) is 10.2. The van der Waals surface area contributed by atoms with Gasteiger partial charge < -0.3 is 20.4 Å². The maximum Gasteiger partial charge on any atom is 0.298 e. The van der Waals surface area contributed by atoms with Crippen molar-refractivity contribution in [2.45, 2.75) is 19.2 Å². The van der Waals surface area contributed by atoms with Crippen molar-refractivity contribution in [3.63, 3.8) is 0 Å². The van der Waals surface area contributed by atoms with E-state index < -0.39 is 26.5 Å². The molecule has 0 radical (unpaired) electrons. The molecule has 0 aliphatic rings. The smallest absolute Gasteiger partial charge is 0.298 e. The average molecular weight is 465 g/mol. The lowest BCUT2D eigenvalue weighted by Gasteiger charge is -2.05. The van der Waals surface area contributed by atoms with Crippen molar-refractivity contribution in [1.82, 2.24) is 0 Å². The summed E-state index contributed by atoms with van der Waals surface area (Å²) >= 11 is 2.98. The number of aromatic hydroxyl groups is 4. The molecule has 5 N–H and O–H groups in total. The number of halogens is 1. The van der Waals surface area contributed by atoms with E-state index in [0.717, 1.165) is 12.1 Å². The molecule has 0 heterocycles. The monoisotopic (exact) mass is 464 g/mol. The Morgan fingerprint density at radius 3 is 1.93 bits per heavy atom. The van der Waals surface area contributed by atoms with Crippen LogP contribution in [0.2, 0.25) is 0 Å². The molecule has 0 aliphatic carbocycles. The van der Waals surface area contributed by atoms with Gasteiger partial charge in [0.05, 0.1) is 4.47 Å². The van der Waals surface area contributed by atoms with Crippen molar-refractivity contribution in [3.8, 4) is 23.0 Å². The zero-order valence-electron chi connectivity index (χ0n) is 13.0. The van der Waals surface area contributed by atoms with Crippen molar-refractivity contribution in [2.24, 2.45) is 0 Å². The van der Waals surface area contributed by atoms with Crippen molar-refractivity contribution in [1.29, 1.82) is 0 Å². The van der Waals surface area contributed by atoms with Gasteiger partial charge in [-0.1, -0.05) is 7.43 Å². The summed E-state index contributed by atoms with van der Waals surface area (Å²) in [6.07, 6.45) is 0.879. The third-order valence-corrected chi connectivity index (χ3v) is 4.75. The molecule has 0 saturated carbocycles. The molecule has 27 heavy (non-hydrogen) atoms. The minimum absolute atomic E-state index is 0. The highest BCUT2D eigenvalue weighted by molar-refractivity contribution is 9.10. The Morgan fingerprint density at radius 2 is 1.48 bits per heavy atom. The number of aldehydes is 2. The molecule has 11 heteroatoms. The minimum Gasteiger partial charge on any atom is -0.504 e. The van der Waals surface area contributed by atoms with E-state index in [4.69, 9.17) is 14.8 Å². The molecule has 0 saturated heterocycles. The van der Waals surface area contributed by atoms with Crippen LogP contribution in [0.25, 0.3) is 0 Å². The van der Waals surface area contributed by atoms with Crippen molar-refractivity contribution >= 4 is 38.6 Å². The fraction of sp³-hybridized carbons (Fsp3) is 0.125. The molecule has 0 aliphatic heterocycles. The molecule has 0 atom stereocenters. The predicted octanol–water partition coefficient (Wildman–Crippen LogP) is 2.77. The quantitative estimate of drug-likeness (QED) is 0.260. The van der Waals surface area contributed by atoms with Gasteiger partial charge in [0.15, 0.2) is 29.3 Å². The van der Waals surface area contributed by atoms with E-state index in [2.05, 4.69) is 15.9 Å². The highest BCUT2D eigenvalue weighted by Gasteiger charge is 2.19. The van der Waals surface area contributed by atoms with Crippen LogP contribution in [0.3, 0.4) is 0 Å². The maximum atomic E-state index is 10.6. The summed E-state index contributed by atoms with van der Waals surface area (Å²) in [5, 5.41) is 36.5. The van der Waals surface area contributed by atoms with E-state index >= 15 is 0 Å². The van der Waals surface area contributed by atoms with Crippen LogP contribution in [0.1, 0.15) is 33.7 Å². The van der Waals surface area contributed by atoms with Crippen LogP contribution in [-0.4, -0.2) is 46.0 Å². The van der Waals surface area contributed by atoms with E-state index in [-0.39, 0.29) is 35.2 Å². The number of rotatable bonds is 3. The molecule has 0 spiro atoms. The van der Waals surface area contributed by atoms with Crippen LogP contribution in [0, 0.1) is 6.92 Å². The summed E-state index contributed by atoms with van der Waals surface area (Å²) in [6, 6.07) is 3.11. The Balaban J connectivity index is 0.000000488. The van der Waals surface area contributed by atoms with Gasteiger partial charge in [-0.3, -0.25) is 14.1 Å². The summed E-state index contributed by atoms with van der Waals surface area (Å²) in [5.74, 6) is -2.27. The van der Waals surface area contributed by atoms with Crippen LogP contribution >= 0.6 is 15.9 Å². The van der Waals surface area contributed by atoms with Crippen LogP contribution in [0.5, 0.6) is 23.0 Å². The highest BCUT2D eigenvalue weighted by Crippen LogP contribution is 2.37. The first-order chi connectivity index (χ1) is 11.9. The standard InChI is InChI=1S/C8H7BrO3.C7H6O6S.CH4/c1-4-2-5(3-10)6(9)8(12)7(4)11;8-3-4-1-5(9)7(10)6(2-4)14(11,12)13;/h2-3,11-12H,1H3;1-3,9-10H,(H,11,12,13);1H4. The first-order valence-corrected chi connectivity index (χ1v) is 8.82. The Kier molecular flexibility index (Phi) is 8.44. The number of carbonyl (C=O) groups excluding carboxylic acids is 2. The van der Waals surface area contributed by atoms with E-state index in [1.807, 2.05) is 0 Å². The molecule has 2 aromatic rings. The second-order valence-corrected chi connectivity index (χ2v) is 7.07. The van der Waals surface area contributed by atoms with Gasteiger partial charge in [-0.2, -0.15) is 8.42 Å². The van der Waals surface area contributed by atoms with Crippen molar-refractivity contribution < 1.29 is 43.0 Å². The molecule has 9 nitrogen and oxygen atoms in total. The van der Waals surface area contributed by atoms with E-state index in [0.29, 0.717) is 17.4 Å². The molecule has 148 valence electrons. The molecule has 0 amide bonds. The fourth-order valence-electron chi connectivity index (χ4n) is 1.76. The van der Waals surface area contributed by atoms with Crippen molar-refractivity contribution in [3.05, 3.63) is 39.4 Å². The van der Waals surface area contributed by atoms with Gasteiger partial charge in [0.1, 0.15) is 11.2 Å². The largest absolute Gasteiger partial charge is 0.504 e. The zero-order valence-corrected chi connectivity index (χ0v) is 15.4. The second-order valence-electron chi connectivity index (χ2n) is 4.89. The fourth-order valence-corrected chi connectivity index (χ4v) is 2.79. The number of phenols is 4. The van der Waals surface area contributed by atoms with Crippen LogP contribution in [0.15, 0.2) is 27.6 Å². The molecule has 0 unspecified atom stereocenters. The number of phenolic OH excluding ortho intramolecular Hbond substituents is 4. The SMILES string of the molecule is C.Cc1cc(C=O)c(Br)c(O)c1O.O=Cc1cc(O)c(O)c(S(=O)(=O)O)c1. The molecule has 0 aromatic heterocycles. The first-order valence-electron chi connectivity index (χ1n) is 6.58. The summed E-state index contributed by atoms with van der Waals surface area (Å²) in [5.41, 5.74) is 0.619. The molecular formula is C16H17BrO9S. The van der Waals surface area contributed by atoms with Gasteiger partial charge in [0.2, 0.25) is 0 Å². The summed E-state index contributed by atoms with van der Waals surface area (Å²) in [7, 11) is -4.66. The molecule has 2 rings (SSSR count). The number of benzene rings is 2. The van der Waals surface area contributed by atoms with Crippen LogP contribution in [0.4, 0.5) is 0 Å². The Bertz CT molecular complexity index is 969. The lowest BCUT2D eigenvalue weighted by Crippen LogP contribution is -1.99. The number of hydrogen-bond acceptors (Lipinski definition) is 8. The average Bonchev–Trinajstić information content (AvgIpc) is 2.58. The summed E-state index contributed by atoms with van der Waals surface area (Å²) in [4.78, 5) is 19.8. The lowest BCUT2D eigenvalue weighted by molar-refractivity contribution is 0.111. The Hall–Kier alpha value is -2.63. The number of aryl methyl sites for hydroxylation is 1. The van der Waals surface area contributed by atoms with Crippen LogP contribution in [-0.2, 0) is 10.1 Å². The predicted molar refractivity (Wildman–Crippen MR) is 99.3 cm³/mol. The van der Waals surface area contributed by atoms with E-state index in [9.17, 15) is 28.2 Å². The number of hydrogen-bond donors (Lipinski definition) is 5. The second kappa shape index (κ2) is 9.35. The van der Waals surface area contributed by atoms with Crippen molar-refractivity contribution in [2.75, 3.05) is 0 Å². The van der Waals surface area contributed by atoms with Gasteiger partial charge in [-0.25, -0.2) is 0 Å². The Morgan fingerprint density at radius 1 is 0.926 bits per heavy atom. The van der Waals surface area contributed by atoms with Gasteiger partial charge in [-0.15, -0.1) is 0 Å².